The number of piperidine rings is 2. The van der Waals surface area contributed by atoms with Gasteiger partial charge >= 0.3 is 0 Å². The molecule has 5 rings (SSSR count). The van der Waals surface area contributed by atoms with Gasteiger partial charge in [0.2, 0.25) is 0 Å². The minimum absolute atomic E-state index is 0.749. The Bertz CT molecular complexity index is 258. The molecule has 2 nitrogen and oxygen atoms in total. The maximum atomic E-state index is 2.81. The van der Waals surface area contributed by atoms with Crippen molar-refractivity contribution in [1.29, 1.82) is 0 Å². The predicted molar refractivity (Wildman–Crippen MR) is 65.4 cm³/mol. The maximum absolute atomic E-state index is 2.81. The summed E-state index contributed by atoms with van der Waals surface area (Å²) in [6.07, 6.45) is 9.00. The molecule has 0 radical (unpaired) electrons. The summed E-state index contributed by atoms with van der Waals surface area (Å²) in [6, 6.07) is 0.965. The molecule has 5 fully saturated rings. The lowest BCUT2D eigenvalue weighted by atomic mass is 9.65. The average Bonchev–Trinajstić information content (AvgIpc) is 2.26. The van der Waals surface area contributed by atoms with Crippen molar-refractivity contribution in [3.05, 3.63) is 0 Å². The Morgan fingerprint density at radius 1 is 0.875 bits per heavy atom. The summed E-state index contributed by atoms with van der Waals surface area (Å²) in [6.45, 7) is 7.14. The largest absolute Gasteiger partial charge is 0.302 e. The van der Waals surface area contributed by atoms with Crippen molar-refractivity contribution < 1.29 is 0 Å². The van der Waals surface area contributed by atoms with Crippen LogP contribution >= 0.6 is 0 Å². The molecular formula is C14H24N2. The molecule has 1 spiro atoms. The van der Waals surface area contributed by atoms with Crippen molar-refractivity contribution in [1.82, 2.24) is 9.80 Å². The van der Waals surface area contributed by atoms with E-state index in [4.69, 9.17) is 0 Å². The molecule has 2 heteroatoms. The van der Waals surface area contributed by atoms with Crippen molar-refractivity contribution in [2.75, 3.05) is 32.7 Å². The van der Waals surface area contributed by atoms with Crippen LogP contribution in [0.15, 0.2) is 0 Å². The maximum Gasteiger partial charge on any atom is 0.00957 e. The van der Waals surface area contributed by atoms with E-state index in [2.05, 4.69) is 9.80 Å². The molecule has 1 aliphatic carbocycles. The molecule has 5 aliphatic rings. The second-order valence-corrected chi connectivity index (χ2v) is 6.96. The molecule has 0 amide bonds. The quantitative estimate of drug-likeness (QED) is 0.666. The summed E-state index contributed by atoms with van der Waals surface area (Å²) >= 11 is 0. The fourth-order valence-electron chi connectivity index (χ4n) is 4.84. The van der Waals surface area contributed by atoms with E-state index >= 15 is 0 Å². The van der Waals surface area contributed by atoms with Crippen LogP contribution in [0.3, 0.4) is 0 Å². The first-order valence-corrected chi connectivity index (χ1v) is 7.29. The SMILES string of the molecule is C1CCC(N2CC3(CC4CN(C4)C3)C2)CC1. The zero-order chi connectivity index (χ0) is 10.6. The second-order valence-electron chi connectivity index (χ2n) is 6.96. The van der Waals surface area contributed by atoms with Gasteiger partial charge in [0.1, 0.15) is 0 Å². The lowest BCUT2D eigenvalue weighted by Crippen LogP contribution is -2.70. The van der Waals surface area contributed by atoms with E-state index in [9.17, 15) is 0 Å². The van der Waals surface area contributed by atoms with E-state index in [1.165, 1.54) is 64.8 Å². The van der Waals surface area contributed by atoms with E-state index < -0.39 is 0 Å². The zero-order valence-electron chi connectivity index (χ0n) is 10.3. The standard InChI is InChI=1S/C14H24N2/c1-2-4-13(5-3-1)16-10-14(11-16)6-12-7-15(8-12)9-14/h12-13H,1-11H2. The lowest BCUT2D eigenvalue weighted by Gasteiger charge is -2.63. The Morgan fingerprint density at radius 2 is 1.62 bits per heavy atom. The Balaban J connectivity index is 1.35. The third kappa shape index (κ3) is 1.46. The summed E-state index contributed by atoms with van der Waals surface area (Å²) in [5.74, 6) is 1.07. The topological polar surface area (TPSA) is 6.48 Å². The van der Waals surface area contributed by atoms with Crippen molar-refractivity contribution in [3.63, 3.8) is 0 Å². The molecule has 16 heavy (non-hydrogen) atoms. The summed E-state index contributed by atoms with van der Waals surface area (Å²) < 4.78 is 0. The van der Waals surface area contributed by atoms with E-state index in [0.717, 1.165) is 17.4 Å². The molecule has 0 aromatic carbocycles. The van der Waals surface area contributed by atoms with Crippen LogP contribution in [0.25, 0.3) is 0 Å². The summed E-state index contributed by atoms with van der Waals surface area (Å²) in [5, 5.41) is 0. The molecule has 4 heterocycles. The van der Waals surface area contributed by atoms with E-state index in [1.54, 1.807) is 6.42 Å². The zero-order valence-corrected chi connectivity index (χ0v) is 10.3. The highest BCUT2D eigenvalue weighted by atomic mass is 15.3. The van der Waals surface area contributed by atoms with Gasteiger partial charge in [-0.1, -0.05) is 19.3 Å². The number of likely N-dealkylation sites (tertiary alicyclic amines) is 1. The third-order valence-electron chi connectivity index (χ3n) is 5.48. The van der Waals surface area contributed by atoms with E-state index in [-0.39, 0.29) is 0 Å². The van der Waals surface area contributed by atoms with Gasteiger partial charge in [0.25, 0.3) is 0 Å². The van der Waals surface area contributed by atoms with Crippen LogP contribution in [0.4, 0.5) is 0 Å². The van der Waals surface area contributed by atoms with Crippen LogP contribution in [0.2, 0.25) is 0 Å². The van der Waals surface area contributed by atoms with Gasteiger partial charge in [-0.3, -0.25) is 4.90 Å². The van der Waals surface area contributed by atoms with Crippen molar-refractivity contribution in [2.45, 2.75) is 44.6 Å². The van der Waals surface area contributed by atoms with E-state index in [0.29, 0.717) is 0 Å². The fraction of sp³-hybridized carbons (Fsp3) is 1.00. The Kier molecular flexibility index (Phi) is 2.14. The fourth-order valence-corrected chi connectivity index (χ4v) is 4.84. The van der Waals surface area contributed by atoms with Crippen LogP contribution in [0.1, 0.15) is 38.5 Å². The Morgan fingerprint density at radius 3 is 2.25 bits per heavy atom. The highest BCUT2D eigenvalue weighted by Crippen LogP contribution is 2.47. The van der Waals surface area contributed by atoms with Crippen LogP contribution in [0.5, 0.6) is 0 Å². The number of hydrogen-bond acceptors (Lipinski definition) is 2. The molecule has 0 aromatic heterocycles. The smallest absolute Gasteiger partial charge is 0.00957 e. The molecule has 0 atom stereocenters. The van der Waals surface area contributed by atoms with Crippen molar-refractivity contribution in [3.8, 4) is 0 Å². The normalized spacial score (nSPS) is 42.8. The average molecular weight is 220 g/mol. The molecule has 0 N–H and O–H groups in total. The van der Waals surface area contributed by atoms with Gasteiger partial charge in [-0.15, -0.1) is 0 Å². The first-order chi connectivity index (χ1) is 7.83. The van der Waals surface area contributed by atoms with Gasteiger partial charge in [-0.25, -0.2) is 0 Å². The molecule has 4 saturated heterocycles. The van der Waals surface area contributed by atoms with Gasteiger partial charge in [0.05, 0.1) is 0 Å². The lowest BCUT2D eigenvalue weighted by molar-refractivity contribution is -0.137. The van der Waals surface area contributed by atoms with Gasteiger partial charge in [-0.05, 0) is 25.2 Å². The predicted octanol–water partition coefficient (Wildman–Crippen LogP) is 1.96. The molecule has 90 valence electrons. The van der Waals surface area contributed by atoms with Gasteiger partial charge in [0, 0.05) is 44.2 Å². The highest BCUT2D eigenvalue weighted by molar-refractivity contribution is 5.07. The minimum atomic E-state index is 0.749. The summed E-state index contributed by atoms with van der Waals surface area (Å²) in [4.78, 5) is 5.50. The van der Waals surface area contributed by atoms with Crippen LogP contribution in [-0.4, -0.2) is 48.6 Å². The number of rotatable bonds is 1. The number of nitrogens with zero attached hydrogens (tertiary/aromatic N) is 2. The Labute approximate surface area is 99.0 Å². The highest BCUT2D eigenvalue weighted by Gasteiger charge is 2.53. The van der Waals surface area contributed by atoms with Crippen LogP contribution in [0, 0.1) is 11.3 Å². The van der Waals surface area contributed by atoms with Crippen LogP contribution in [-0.2, 0) is 0 Å². The minimum Gasteiger partial charge on any atom is -0.302 e. The van der Waals surface area contributed by atoms with Gasteiger partial charge in [-0.2, -0.15) is 0 Å². The second kappa shape index (κ2) is 3.46. The molecule has 0 unspecified atom stereocenters. The first kappa shape index (κ1) is 9.90. The molecule has 0 aromatic rings. The number of hydrogen-bond donors (Lipinski definition) is 0. The van der Waals surface area contributed by atoms with Crippen LogP contribution < -0.4 is 0 Å². The van der Waals surface area contributed by atoms with Crippen molar-refractivity contribution >= 4 is 0 Å². The Hall–Kier alpha value is -0.0800. The van der Waals surface area contributed by atoms with Gasteiger partial charge in [0.15, 0.2) is 0 Å². The monoisotopic (exact) mass is 220 g/mol. The molecule has 1 saturated carbocycles. The molecule has 2 bridgehead atoms. The molecule has 4 aliphatic heterocycles. The van der Waals surface area contributed by atoms with Gasteiger partial charge < -0.3 is 4.90 Å². The van der Waals surface area contributed by atoms with Crippen molar-refractivity contribution in [2.24, 2.45) is 11.3 Å². The first-order valence-electron chi connectivity index (χ1n) is 7.29. The molecular weight excluding hydrogens is 196 g/mol. The van der Waals surface area contributed by atoms with E-state index in [1.807, 2.05) is 0 Å². The third-order valence-corrected chi connectivity index (χ3v) is 5.48. The summed E-state index contributed by atoms with van der Waals surface area (Å²) in [5.41, 5.74) is 0.749. The summed E-state index contributed by atoms with van der Waals surface area (Å²) in [7, 11) is 0.